The predicted octanol–water partition coefficient (Wildman–Crippen LogP) is 1.42. The third-order valence-corrected chi connectivity index (χ3v) is 4.05. The molecule has 6 heteroatoms. The normalized spacial score (nSPS) is 12.7. The Balaban J connectivity index is 1.63. The topological polar surface area (TPSA) is 91.4 Å². The summed E-state index contributed by atoms with van der Waals surface area (Å²) in [6, 6.07) is 6.87. The minimum Gasteiger partial charge on any atom is -0.491 e. The molecule has 0 radical (unpaired) electrons. The molecule has 0 atom stereocenters. The van der Waals surface area contributed by atoms with Gasteiger partial charge in [0.2, 0.25) is 5.91 Å². The van der Waals surface area contributed by atoms with E-state index in [0.717, 1.165) is 30.5 Å². The second-order valence-corrected chi connectivity index (χ2v) is 5.78. The Morgan fingerprint density at radius 3 is 2.79 bits per heavy atom. The summed E-state index contributed by atoms with van der Waals surface area (Å²) in [7, 11) is 0. The van der Waals surface area contributed by atoms with Gasteiger partial charge < -0.3 is 20.1 Å². The van der Waals surface area contributed by atoms with Crippen LogP contribution in [0.25, 0.3) is 0 Å². The number of fused-ring (bicyclic) bond motifs is 1. The second-order valence-electron chi connectivity index (χ2n) is 5.78. The minimum absolute atomic E-state index is 0.0100. The second kappa shape index (κ2) is 7.31. The van der Waals surface area contributed by atoms with Crippen molar-refractivity contribution >= 4 is 11.6 Å². The first-order chi connectivity index (χ1) is 11.7. The van der Waals surface area contributed by atoms with E-state index < -0.39 is 0 Å². The molecule has 3 rings (SSSR count). The van der Waals surface area contributed by atoms with E-state index in [1.54, 1.807) is 30.5 Å². The monoisotopic (exact) mass is 328 g/mol. The number of hydrogen-bond acceptors (Lipinski definition) is 4. The predicted molar refractivity (Wildman–Crippen MR) is 90.4 cm³/mol. The van der Waals surface area contributed by atoms with Crippen LogP contribution in [0, 0.1) is 0 Å². The lowest BCUT2D eigenvalue weighted by Crippen LogP contribution is -2.22. The lowest BCUT2D eigenvalue weighted by Gasteiger charge is -2.08. The Hall–Kier alpha value is -2.60. The molecule has 1 aromatic carbocycles. The van der Waals surface area contributed by atoms with Gasteiger partial charge in [0.25, 0.3) is 0 Å². The number of carbonyl (C=O) groups excluding carboxylic acids is 1. The lowest BCUT2D eigenvalue weighted by molar-refractivity contribution is -0.115. The number of hydrogen-bond donors (Lipinski definition) is 3. The van der Waals surface area contributed by atoms with Crippen molar-refractivity contribution in [2.45, 2.75) is 25.7 Å². The number of H-pyrrole nitrogens is 1. The highest BCUT2D eigenvalue weighted by molar-refractivity contribution is 5.92. The van der Waals surface area contributed by atoms with Gasteiger partial charge in [-0.25, -0.2) is 0 Å². The van der Waals surface area contributed by atoms with Crippen LogP contribution in [0.15, 0.2) is 35.3 Å². The molecule has 1 aliphatic rings. The fraction of sp³-hybridized carbons (Fsp3) is 0.333. The zero-order chi connectivity index (χ0) is 16.9. The van der Waals surface area contributed by atoms with Gasteiger partial charge in [-0.15, -0.1) is 0 Å². The molecule has 1 heterocycles. The fourth-order valence-corrected chi connectivity index (χ4v) is 2.89. The molecule has 0 saturated heterocycles. The van der Waals surface area contributed by atoms with E-state index in [9.17, 15) is 9.59 Å². The number of benzene rings is 1. The van der Waals surface area contributed by atoms with Crippen LogP contribution in [0.2, 0.25) is 0 Å². The molecule has 1 amide bonds. The van der Waals surface area contributed by atoms with Gasteiger partial charge in [0.15, 0.2) is 5.43 Å². The van der Waals surface area contributed by atoms with Crippen LogP contribution in [0.5, 0.6) is 5.75 Å². The van der Waals surface area contributed by atoms with E-state index in [1.165, 1.54) is 0 Å². The molecule has 0 aliphatic heterocycles. The zero-order valence-corrected chi connectivity index (χ0v) is 13.3. The van der Waals surface area contributed by atoms with Crippen LogP contribution in [0.4, 0.5) is 5.69 Å². The van der Waals surface area contributed by atoms with E-state index in [-0.39, 0.29) is 31.0 Å². The average Bonchev–Trinajstić information content (AvgIpc) is 3.06. The van der Waals surface area contributed by atoms with E-state index in [1.807, 2.05) is 0 Å². The van der Waals surface area contributed by atoms with Gasteiger partial charge in [-0.2, -0.15) is 0 Å². The summed E-state index contributed by atoms with van der Waals surface area (Å²) in [6.07, 6.45) is 4.38. The van der Waals surface area contributed by atoms with E-state index in [0.29, 0.717) is 17.0 Å². The number of aryl methyl sites for hydroxylation is 1. The van der Waals surface area contributed by atoms with Gasteiger partial charge in [0.05, 0.1) is 13.0 Å². The maximum atomic E-state index is 12.4. The lowest BCUT2D eigenvalue weighted by atomic mass is 10.1. The number of pyridine rings is 1. The molecule has 0 bridgehead atoms. The first-order valence-electron chi connectivity index (χ1n) is 8.03. The Morgan fingerprint density at radius 2 is 2.04 bits per heavy atom. The number of anilines is 1. The molecule has 0 saturated carbocycles. The molecule has 0 fully saturated rings. The number of aromatic nitrogens is 1. The van der Waals surface area contributed by atoms with E-state index in [2.05, 4.69) is 10.3 Å². The van der Waals surface area contributed by atoms with Crippen LogP contribution in [0.1, 0.15) is 23.2 Å². The largest absolute Gasteiger partial charge is 0.491 e. The van der Waals surface area contributed by atoms with Crippen LogP contribution < -0.4 is 15.5 Å². The van der Waals surface area contributed by atoms with Gasteiger partial charge in [0, 0.05) is 28.7 Å². The quantitative estimate of drug-likeness (QED) is 0.748. The molecular weight excluding hydrogens is 308 g/mol. The molecule has 6 nitrogen and oxygen atoms in total. The molecule has 3 N–H and O–H groups in total. The minimum atomic E-state index is -0.234. The Labute approximate surface area is 139 Å². The molecular formula is C18H20N2O4. The SMILES string of the molecule is O=C(Cc1c[nH]c2c(c1=O)CCC2)Nc1ccc(OCCO)cc1. The Morgan fingerprint density at radius 1 is 1.25 bits per heavy atom. The van der Waals surface area contributed by atoms with Crippen molar-refractivity contribution in [3.05, 3.63) is 57.5 Å². The molecule has 2 aromatic rings. The highest BCUT2D eigenvalue weighted by atomic mass is 16.5. The van der Waals surface area contributed by atoms with Gasteiger partial charge in [-0.3, -0.25) is 9.59 Å². The summed E-state index contributed by atoms with van der Waals surface area (Å²) in [5.74, 6) is 0.389. The zero-order valence-electron chi connectivity index (χ0n) is 13.3. The first-order valence-corrected chi connectivity index (χ1v) is 8.03. The number of carbonyl (C=O) groups is 1. The maximum Gasteiger partial charge on any atom is 0.228 e. The van der Waals surface area contributed by atoms with Crippen LogP contribution >= 0.6 is 0 Å². The van der Waals surface area contributed by atoms with Crippen molar-refractivity contribution in [1.29, 1.82) is 0 Å². The fourth-order valence-electron chi connectivity index (χ4n) is 2.89. The van der Waals surface area contributed by atoms with E-state index in [4.69, 9.17) is 9.84 Å². The van der Waals surface area contributed by atoms with Crippen molar-refractivity contribution in [2.24, 2.45) is 0 Å². The van der Waals surface area contributed by atoms with Gasteiger partial charge in [0.1, 0.15) is 12.4 Å². The summed E-state index contributed by atoms with van der Waals surface area (Å²) in [6.45, 7) is 0.181. The standard InChI is InChI=1S/C18H20N2O4/c21-8-9-24-14-6-4-13(5-7-14)20-17(22)10-12-11-19-16-3-1-2-15(16)18(12)23/h4-7,11,21H,1-3,8-10H2,(H,19,23)(H,20,22). The molecule has 24 heavy (non-hydrogen) atoms. The summed E-state index contributed by atoms with van der Waals surface area (Å²) < 4.78 is 5.26. The summed E-state index contributed by atoms with van der Waals surface area (Å²) in [5, 5.41) is 11.5. The highest BCUT2D eigenvalue weighted by Gasteiger charge is 2.18. The van der Waals surface area contributed by atoms with E-state index >= 15 is 0 Å². The highest BCUT2D eigenvalue weighted by Crippen LogP contribution is 2.17. The average molecular weight is 328 g/mol. The number of rotatable bonds is 6. The summed E-state index contributed by atoms with van der Waals surface area (Å²) in [5.41, 5.74) is 2.95. The Bertz CT molecular complexity index is 781. The van der Waals surface area contributed by atoms with Crippen molar-refractivity contribution in [1.82, 2.24) is 4.98 Å². The van der Waals surface area contributed by atoms with Gasteiger partial charge in [-0.05, 0) is 43.5 Å². The molecule has 1 aromatic heterocycles. The maximum absolute atomic E-state index is 12.4. The van der Waals surface area contributed by atoms with Crippen molar-refractivity contribution in [3.8, 4) is 5.75 Å². The number of aliphatic hydroxyl groups excluding tert-OH is 1. The van der Waals surface area contributed by atoms with Gasteiger partial charge in [-0.1, -0.05) is 0 Å². The number of amides is 1. The molecule has 126 valence electrons. The smallest absolute Gasteiger partial charge is 0.228 e. The number of ether oxygens (including phenoxy) is 1. The number of nitrogens with one attached hydrogen (secondary N) is 2. The van der Waals surface area contributed by atoms with Crippen LogP contribution in [0.3, 0.4) is 0 Å². The summed E-state index contributed by atoms with van der Waals surface area (Å²) >= 11 is 0. The van der Waals surface area contributed by atoms with Crippen LogP contribution in [-0.4, -0.2) is 29.2 Å². The molecule has 0 spiro atoms. The molecule has 0 unspecified atom stereocenters. The molecule has 1 aliphatic carbocycles. The van der Waals surface area contributed by atoms with Crippen LogP contribution in [-0.2, 0) is 24.1 Å². The Kier molecular flexibility index (Phi) is 4.96. The summed E-state index contributed by atoms with van der Waals surface area (Å²) in [4.78, 5) is 27.7. The number of aliphatic hydroxyl groups is 1. The van der Waals surface area contributed by atoms with Crippen molar-refractivity contribution in [2.75, 3.05) is 18.5 Å². The first kappa shape index (κ1) is 16.3. The number of aromatic amines is 1. The van der Waals surface area contributed by atoms with Crippen molar-refractivity contribution < 1.29 is 14.6 Å². The third-order valence-electron chi connectivity index (χ3n) is 4.05. The van der Waals surface area contributed by atoms with Gasteiger partial charge >= 0.3 is 0 Å². The third kappa shape index (κ3) is 3.65. The van der Waals surface area contributed by atoms with Crippen molar-refractivity contribution in [3.63, 3.8) is 0 Å².